The van der Waals surface area contributed by atoms with E-state index in [0.717, 1.165) is 0 Å². The van der Waals surface area contributed by atoms with Crippen molar-refractivity contribution in [2.24, 2.45) is 7.05 Å². The van der Waals surface area contributed by atoms with Crippen LogP contribution >= 0.6 is 0 Å². The zero-order valence-electron chi connectivity index (χ0n) is 12.3. The molecule has 3 rings (SSSR count). The number of amides is 1. The molecular weight excluding hydrogens is 296 g/mol. The molecule has 1 unspecified atom stereocenters. The van der Waals surface area contributed by atoms with Gasteiger partial charge in [-0.05, 0) is 18.2 Å². The van der Waals surface area contributed by atoms with Gasteiger partial charge in [0, 0.05) is 36.6 Å². The van der Waals surface area contributed by atoms with E-state index in [9.17, 15) is 14.7 Å². The lowest BCUT2D eigenvalue weighted by Crippen LogP contribution is -2.33. The van der Waals surface area contributed by atoms with E-state index in [4.69, 9.17) is 0 Å². The number of aromatic nitrogens is 3. The summed E-state index contributed by atoms with van der Waals surface area (Å²) in [5.74, 6) is -1.62. The summed E-state index contributed by atoms with van der Waals surface area (Å²) in [6, 6.07) is 7.21. The van der Waals surface area contributed by atoms with Crippen molar-refractivity contribution in [3.8, 4) is 0 Å². The summed E-state index contributed by atoms with van der Waals surface area (Å²) in [4.78, 5) is 27.9. The Morgan fingerprint density at radius 3 is 2.78 bits per heavy atom. The second-order valence-corrected chi connectivity index (χ2v) is 5.07. The minimum Gasteiger partial charge on any atom is -0.479 e. The molecule has 23 heavy (non-hydrogen) atoms. The van der Waals surface area contributed by atoms with Crippen molar-refractivity contribution in [1.29, 1.82) is 0 Å². The second kappa shape index (κ2) is 5.88. The lowest BCUT2D eigenvalue weighted by molar-refractivity contribution is -0.139. The summed E-state index contributed by atoms with van der Waals surface area (Å²) in [6.45, 7) is 0. The Labute approximate surface area is 131 Å². The lowest BCUT2D eigenvalue weighted by Gasteiger charge is -2.14. The molecule has 2 aromatic heterocycles. The fraction of sp³-hybridized carbons (Fsp3) is 0.125. The van der Waals surface area contributed by atoms with Gasteiger partial charge in [0.05, 0.1) is 11.1 Å². The number of carboxylic acid groups (broad SMARTS) is 1. The molecule has 0 aliphatic rings. The quantitative estimate of drug-likeness (QED) is 0.761. The molecule has 0 aliphatic heterocycles. The molecule has 0 aliphatic carbocycles. The van der Waals surface area contributed by atoms with Gasteiger partial charge in [-0.15, -0.1) is 0 Å². The maximum absolute atomic E-state index is 12.5. The summed E-state index contributed by atoms with van der Waals surface area (Å²) in [5, 5.41) is 16.8. The number of carbonyl (C=O) groups excluding carboxylic acids is 1. The molecule has 0 saturated carbocycles. The van der Waals surface area contributed by atoms with Crippen molar-refractivity contribution in [2.75, 3.05) is 0 Å². The van der Waals surface area contributed by atoms with Crippen LogP contribution in [0.5, 0.6) is 0 Å². The van der Waals surface area contributed by atoms with Crippen molar-refractivity contribution < 1.29 is 14.7 Å². The van der Waals surface area contributed by atoms with Gasteiger partial charge in [-0.1, -0.05) is 12.1 Å². The van der Waals surface area contributed by atoms with Crippen molar-refractivity contribution in [3.05, 3.63) is 60.0 Å². The molecule has 7 heteroatoms. The number of rotatable bonds is 4. The molecule has 3 aromatic rings. The van der Waals surface area contributed by atoms with Crippen LogP contribution in [0, 0.1) is 0 Å². The van der Waals surface area contributed by atoms with Gasteiger partial charge in [-0.2, -0.15) is 5.10 Å². The van der Waals surface area contributed by atoms with Crippen LogP contribution in [0.4, 0.5) is 0 Å². The zero-order valence-corrected chi connectivity index (χ0v) is 12.3. The van der Waals surface area contributed by atoms with E-state index >= 15 is 0 Å². The van der Waals surface area contributed by atoms with Crippen LogP contribution in [0.25, 0.3) is 10.9 Å². The number of benzene rings is 1. The van der Waals surface area contributed by atoms with Crippen molar-refractivity contribution in [1.82, 2.24) is 20.1 Å². The molecule has 1 amide bonds. The van der Waals surface area contributed by atoms with Crippen LogP contribution in [0.3, 0.4) is 0 Å². The number of carboxylic acids is 1. The number of carbonyl (C=O) groups is 2. The Balaban J connectivity index is 1.94. The predicted octanol–water partition coefficient (Wildman–Crippen LogP) is 1.52. The van der Waals surface area contributed by atoms with E-state index < -0.39 is 17.9 Å². The first kappa shape index (κ1) is 14.7. The molecule has 0 spiro atoms. The van der Waals surface area contributed by atoms with Crippen LogP contribution in [0.2, 0.25) is 0 Å². The summed E-state index contributed by atoms with van der Waals surface area (Å²) in [6.07, 6.45) is 4.69. The lowest BCUT2D eigenvalue weighted by atomic mass is 10.1. The van der Waals surface area contributed by atoms with Crippen LogP contribution in [-0.2, 0) is 11.8 Å². The van der Waals surface area contributed by atoms with Gasteiger partial charge >= 0.3 is 5.97 Å². The van der Waals surface area contributed by atoms with Gasteiger partial charge in [0.1, 0.15) is 0 Å². The van der Waals surface area contributed by atoms with E-state index in [-0.39, 0.29) is 0 Å². The first-order chi connectivity index (χ1) is 11.1. The van der Waals surface area contributed by atoms with E-state index in [1.54, 1.807) is 54.5 Å². The van der Waals surface area contributed by atoms with E-state index in [1.165, 1.54) is 6.20 Å². The van der Waals surface area contributed by atoms with Gasteiger partial charge < -0.3 is 10.4 Å². The van der Waals surface area contributed by atoms with Crippen LogP contribution in [-0.4, -0.2) is 31.7 Å². The zero-order chi connectivity index (χ0) is 16.4. The normalized spacial score (nSPS) is 12.0. The smallest absolute Gasteiger partial charge is 0.330 e. The Hall–Kier alpha value is -3.22. The third kappa shape index (κ3) is 2.89. The average Bonchev–Trinajstić information content (AvgIpc) is 2.92. The topological polar surface area (TPSA) is 97.1 Å². The average molecular weight is 310 g/mol. The van der Waals surface area contributed by atoms with Crippen LogP contribution in [0.1, 0.15) is 22.0 Å². The molecule has 0 bridgehead atoms. The van der Waals surface area contributed by atoms with Crippen LogP contribution in [0.15, 0.2) is 48.9 Å². The largest absolute Gasteiger partial charge is 0.479 e. The highest BCUT2D eigenvalue weighted by Crippen LogP contribution is 2.19. The van der Waals surface area contributed by atoms with Gasteiger partial charge in [0.15, 0.2) is 6.04 Å². The van der Waals surface area contributed by atoms with E-state index in [1.807, 2.05) is 0 Å². The van der Waals surface area contributed by atoms with Crippen LogP contribution < -0.4 is 5.32 Å². The van der Waals surface area contributed by atoms with Gasteiger partial charge in [-0.3, -0.25) is 14.5 Å². The number of aliphatic carboxylic acids is 1. The highest BCUT2D eigenvalue weighted by molar-refractivity contribution is 6.07. The Kier molecular flexibility index (Phi) is 3.76. The number of fused-ring (bicyclic) bond motifs is 1. The molecule has 0 fully saturated rings. The molecule has 116 valence electrons. The maximum Gasteiger partial charge on any atom is 0.330 e. The molecular formula is C16H14N4O3. The minimum atomic E-state index is -1.16. The summed E-state index contributed by atoms with van der Waals surface area (Å²) >= 11 is 0. The fourth-order valence-corrected chi connectivity index (χ4v) is 2.40. The number of hydrogen-bond donors (Lipinski definition) is 2. The number of nitrogens with zero attached hydrogens (tertiary/aromatic N) is 3. The first-order valence-electron chi connectivity index (χ1n) is 6.92. The summed E-state index contributed by atoms with van der Waals surface area (Å²) in [7, 11) is 1.76. The molecule has 0 saturated heterocycles. The second-order valence-electron chi connectivity index (χ2n) is 5.07. The Morgan fingerprint density at radius 1 is 1.26 bits per heavy atom. The number of pyridine rings is 1. The number of aryl methyl sites for hydroxylation is 1. The molecule has 2 heterocycles. The molecule has 1 atom stereocenters. The number of hydrogen-bond acceptors (Lipinski definition) is 4. The molecule has 1 aromatic carbocycles. The Morgan fingerprint density at radius 2 is 2.09 bits per heavy atom. The minimum absolute atomic E-state index is 0.380. The van der Waals surface area contributed by atoms with Gasteiger partial charge in [-0.25, -0.2) is 4.79 Å². The monoisotopic (exact) mass is 310 g/mol. The molecule has 2 N–H and O–H groups in total. The highest BCUT2D eigenvalue weighted by Gasteiger charge is 2.24. The van der Waals surface area contributed by atoms with E-state index in [2.05, 4.69) is 15.4 Å². The van der Waals surface area contributed by atoms with Crippen molar-refractivity contribution in [2.45, 2.75) is 6.04 Å². The molecule has 0 radical (unpaired) electrons. The highest BCUT2D eigenvalue weighted by atomic mass is 16.4. The predicted molar refractivity (Wildman–Crippen MR) is 82.8 cm³/mol. The standard InChI is InChI=1S/C16H14N4O3/c1-20-9-12-11(5-2-6-13(12)19-20)15(21)18-14(16(22)23)10-4-3-7-17-8-10/h2-9,14H,1H3,(H,18,21)(H,22,23). The SMILES string of the molecule is Cn1cc2c(C(=O)NC(C(=O)O)c3cccnc3)cccc2n1. The molecule has 7 nitrogen and oxygen atoms in total. The van der Waals surface area contributed by atoms with Gasteiger partial charge in [0.25, 0.3) is 5.91 Å². The summed E-state index contributed by atoms with van der Waals surface area (Å²) in [5.41, 5.74) is 1.46. The van der Waals surface area contributed by atoms with Crippen molar-refractivity contribution in [3.63, 3.8) is 0 Å². The van der Waals surface area contributed by atoms with Gasteiger partial charge in [0.2, 0.25) is 0 Å². The number of nitrogens with one attached hydrogen (secondary N) is 1. The first-order valence-corrected chi connectivity index (χ1v) is 6.92. The third-order valence-electron chi connectivity index (χ3n) is 3.45. The third-order valence-corrected chi connectivity index (χ3v) is 3.45. The summed E-state index contributed by atoms with van der Waals surface area (Å²) < 4.78 is 1.61. The Bertz CT molecular complexity index is 873. The van der Waals surface area contributed by atoms with E-state index in [0.29, 0.717) is 22.0 Å². The van der Waals surface area contributed by atoms with Crippen molar-refractivity contribution >= 4 is 22.8 Å². The fourth-order valence-electron chi connectivity index (χ4n) is 2.40. The maximum atomic E-state index is 12.5.